The van der Waals surface area contributed by atoms with Gasteiger partial charge in [-0.3, -0.25) is 0 Å². The Morgan fingerprint density at radius 3 is 2.68 bits per heavy atom. The van der Waals surface area contributed by atoms with Gasteiger partial charge in [-0.2, -0.15) is 4.68 Å². The average molecular weight is 276 g/mol. The highest BCUT2D eigenvalue weighted by Gasteiger charge is 2.31. The molecule has 0 unspecified atom stereocenters. The van der Waals surface area contributed by atoms with E-state index in [1.807, 2.05) is 0 Å². The zero-order valence-electron chi connectivity index (χ0n) is 9.47. The van der Waals surface area contributed by atoms with Crippen LogP contribution in [0, 0.1) is 0 Å². The average Bonchev–Trinajstić information content (AvgIpc) is 2.69. The van der Waals surface area contributed by atoms with Gasteiger partial charge in [-0.15, -0.1) is 13.2 Å². The number of alkyl halides is 3. The highest BCUT2D eigenvalue weighted by atomic mass is 19.4. The molecule has 9 heteroatoms. The number of benzene rings is 1. The smallest absolute Gasteiger partial charge is 0.452 e. The fraction of sp³-hybridized carbons (Fsp3) is 0.200. The SMILES string of the molecule is COc1nn(-c2cccc(OC(F)(F)F)c2)c(=O)o1. The second-order valence-corrected chi connectivity index (χ2v) is 3.29. The first-order valence-corrected chi connectivity index (χ1v) is 4.89. The molecule has 0 fully saturated rings. The van der Waals surface area contributed by atoms with Gasteiger partial charge in [0.05, 0.1) is 12.8 Å². The van der Waals surface area contributed by atoms with Crippen molar-refractivity contribution in [2.24, 2.45) is 0 Å². The Kier molecular flexibility index (Phi) is 3.19. The molecule has 19 heavy (non-hydrogen) atoms. The summed E-state index contributed by atoms with van der Waals surface area (Å²) in [7, 11) is 1.23. The van der Waals surface area contributed by atoms with E-state index in [-0.39, 0.29) is 11.8 Å². The Labute approximate surface area is 104 Å². The van der Waals surface area contributed by atoms with E-state index >= 15 is 0 Å². The van der Waals surface area contributed by atoms with E-state index < -0.39 is 17.9 Å². The molecule has 1 aromatic heterocycles. The highest BCUT2D eigenvalue weighted by molar-refractivity contribution is 5.38. The molecular weight excluding hydrogens is 269 g/mol. The summed E-state index contributed by atoms with van der Waals surface area (Å²) in [5.41, 5.74) is 0.0544. The van der Waals surface area contributed by atoms with Crippen molar-refractivity contribution >= 4 is 0 Å². The molecule has 0 aliphatic carbocycles. The Morgan fingerprint density at radius 1 is 1.37 bits per heavy atom. The molecule has 0 spiro atoms. The van der Waals surface area contributed by atoms with Crippen LogP contribution in [0.2, 0.25) is 0 Å². The summed E-state index contributed by atoms with van der Waals surface area (Å²) >= 11 is 0. The van der Waals surface area contributed by atoms with Crippen LogP contribution >= 0.6 is 0 Å². The van der Waals surface area contributed by atoms with Crippen molar-refractivity contribution < 1.29 is 27.1 Å². The van der Waals surface area contributed by atoms with E-state index in [0.717, 1.165) is 16.8 Å². The third-order valence-electron chi connectivity index (χ3n) is 2.00. The second kappa shape index (κ2) is 4.67. The molecule has 2 aromatic rings. The number of methoxy groups -OCH3 is 1. The Balaban J connectivity index is 2.37. The molecule has 6 nitrogen and oxygen atoms in total. The zero-order valence-corrected chi connectivity index (χ0v) is 9.47. The van der Waals surface area contributed by atoms with Gasteiger partial charge in [-0.05, 0) is 12.1 Å². The molecule has 1 aromatic carbocycles. The zero-order chi connectivity index (χ0) is 14.0. The predicted molar refractivity (Wildman–Crippen MR) is 55.3 cm³/mol. The fourth-order valence-corrected chi connectivity index (χ4v) is 1.32. The molecule has 0 aliphatic rings. The minimum atomic E-state index is -4.81. The van der Waals surface area contributed by atoms with Gasteiger partial charge in [0.1, 0.15) is 5.75 Å². The van der Waals surface area contributed by atoms with Gasteiger partial charge in [0, 0.05) is 6.07 Å². The first kappa shape index (κ1) is 13.0. The molecule has 0 saturated heterocycles. The van der Waals surface area contributed by atoms with Crippen molar-refractivity contribution in [3.63, 3.8) is 0 Å². The van der Waals surface area contributed by atoms with Gasteiger partial charge >= 0.3 is 18.2 Å². The predicted octanol–water partition coefficient (Wildman–Crippen LogP) is 1.73. The molecule has 0 atom stereocenters. The molecule has 0 N–H and O–H groups in total. The van der Waals surface area contributed by atoms with Crippen LogP contribution in [0.4, 0.5) is 13.2 Å². The summed E-state index contributed by atoms with van der Waals surface area (Å²) in [6.07, 6.45) is -5.11. The third-order valence-corrected chi connectivity index (χ3v) is 2.00. The Hall–Kier alpha value is -2.45. The standard InChI is InChI=1S/C10H7F3N2O4/c1-17-8-14-15(9(16)18-8)6-3-2-4-7(5-6)19-10(11,12)13/h2-5H,1H3. The summed E-state index contributed by atoms with van der Waals surface area (Å²) < 4.78 is 49.9. The summed E-state index contributed by atoms with van der Waals surface area (Å²) in [4.78, 5) is 11.4. The summed E-state index contributed by atoms with van der Waals surface area (Å²) in [6, 6.07) is 4.74. The number of rotatable bonds is 3. The van der Waals surface area contributed by atoms with Crippen molar-refractivity contribution in [3.8, 4) is 17.5 Å². The van der Waals surface area contributed by atoms with Crippen LogP contribution in [0.5, 0.6) is 11.8 Å². The lowest BCUT2D eigenvalue weighted by Gasteiger charge is -2.09. The van der Waals surface area contributed by atoms with Crippen LogP contribution in [0.15, 0.2) is 33.5 Å². The molecule has 0 saturated carbocycles. The monoisotopic (exact) mass is 276 g/mol. The molecule has 0 radical (unpaired) electrons. The number of hydrogen-bond donors (Lipinski definition) is 0. The van der Waals surface area contributed by atoms with Crippen LogP contribution in [-0.2, 0) is 0 Å². The molecule has 0 bridgehead atoms. The number of hydrogen-bond acceptors (Lipinski definition) is 5. The summed E-state index contributed by atoms with van der Waals surface area (Å²) in [5, 5.41) is 3.61. The van der Waals surface area contributed by atoms with Gasteiger partial charge in [0.25, 0.3) is 0 Å². The fourth-order valence-electron chi connectivity index (χ4n) is 1.32. The van der Waals surface area contributed by atoms with Crippen LogP contribution in [-0.4, -0.2) is 23.3 Å². The minimum absolute atomic E-state index is 0.0544. The molecule has 102 valence electrons. The Morgan fingerprint density at radius 2 is 2.11 bits per heavy atom. The van der Waals surface area contributed by atoms with Gasteiger partial charge < -0.3 is 13.9 Å². The van der Waals surface area contributed by atoms with Crippen molar-refractivity contribution in [1.29, 1.82) is 0 Å². The van der Waals surface area contributed by atoms with Crippen LogP contribution in [0.1, 0.15) is 0 Å². The van der Waals surface area contributed by atoms with Crippen molar-refractivity contribution in [1.82, 2.24) is 9.78 Å². The lowest BCUT2D eigenvalue weighted by molar-refractivity contribution is -0.274. The van der Waals surface area contributed by atoms with Crippen LogP contribution in [0.25, 0.3) is 5.69 Å². The van der Waals surface area contributed by atoms with E-state index in [1.54, 1.807) is 0 Å². The highest BCUT2D eigenvalue weighted by Crippen LogP contribution is 2.24. The van der Waals surface area contributed by atoms with E-state index in [1.165, 1.54) is 19.2 Å². The van der Waals surface area contributed by atoms with Gasteiger partial charge in [0.15, 0.2) is 0 Å². The number of ether oxygens (including phenoxy) is 2. The molecule has 1 heterocycles. The normalized spacial score (nSPS) is 11.4. The maximum Gasteiger partial charge on any atom is 0.573 e. The Bertz CT molecular complexity index is 632. The van der Waals surface area contributed by atoms with Gasteiger partial charge in [-0.1, -0.05) is 11.2 Å². The maximum atomic E-state index is 12.1. The van der Waals surface area contributed by atoms with Gasteiger partial charge in [-0.25, -0.2) is 4.79 Å². The van der Waals surface area contributed by atoms with E-state index in [9.17, 15) is 18.0 Å². The third kappa shape index (κ3) is 3.06. The molecule has 0 aliphatic heterocycles. The maximum absolute atomic E-state index is 12.1. The quantitative estimate of drug-likeness (QED) is 0.854. The molecule has 0 amide bonds. The topological polar surface area (TPSA) is 66.5 Å². The molecule has 2 rings (SSSR count). The number of aromatic nitrogens is 2. The lowest BCUT2D eigenvalue weighted by atomic mass is 10.3. The second-order valence-electron chi connectivity index (χ2n) is 3.29. The van der Waals surface area contributed by atoms with E-state index in [4.69, 9.17) is 0 Å². The first-order chi connectivity index (χ1) is 8.89. The van der Waals surface area contributed by atoms with E-state index in [2.05, 4.69) is 19.0 Å². The lowest BCUT2D eigenvalue weighted by Crippen LogP contribution is -2.18. The van der Waals surface area contributed by atoms with Crippen molar-refractivity contribution in [2.45, 2.75) is 6.36 Å². The summed E-state index contributed by atoms with van der Waals surface area (Å²) in [6.45, 7) is 0. The first-order valence-electron chi connectivity index (χ1n) is 4.89. The number of halogens is 3. The largest absolute Gasteiger partial charge is 0.573 e. The van der Waals surface area contributed by atoms with Crippen molar-refractivity contribution in [3.05, 3.63) is 34.8 Å². The summed E-state index contributed by atoms with van der Waals surface area (Å²) in [5.74, 6) is -1.36. The van der Waals surface area contributed by atoms with E-state index in [0.29, 0.717) is 0 Å². The van der Waals surface area contributed by atoms with Gasteiger partial charge in [0.2, 0.25) is 0 Å². The van der Waals surface area contributed by atoms with Crippen LogP contribution < -0.4 is 15.2 Å². The minimum Gasteiger partial charge on any atom is -0.452 e. The molecular formula is C10H7F3N2O4. The van der Waals surface area contributed by atoms with Crippen molar-refractivity contribution in [2.75, 3.05) is 7.11 Å². The number of nitrogens with zero attached hydrogens (tertiary/aromatic N) is 2. The van der Waals surface area contributed by atoms with Crippen LogP contribution in [0.3, 0.4) is 0 Å².